The molecule has 0 amide bonds. The van der Waals surface area contributed by atoms with E-state index >= 15 is 0 Å². The molecule has 2 aliphatic rings. The molecule has 2 aromatic carbocycles. The van der Waals surface area contributed by atoms with Crippen LogP contribution in [0.3, 0.4) is 0 Å². The van der Waals surface area contributed by atoms with Gasteiger partial charge in [0, 0.05) is 31.0 Å². The fourth-order valence-corrected chi connectivity index (χ4v) is 5.06. The van der Waals surface area contributed by atoms with E-state index in [1.807, 2.05) is 12.1 Å². The normalized spacial score (nSPS) is 17.9. The van der Waals surface area contributed by atoms with Gasteiger partial charge in [-0.3, -0.25) is 4.90 Å². The summed E-state index contributed by atoms with van der Waals surface area (Å²) < 4.78 is 5.70. The van der Waals surface area contributed by atoms with Gasteiger partial charge in [-0.1, -0.05) is 42.8 Å². The summed E-state index contributed by atoms with van der Waals surface area (Å²) in [5, 5.41) is 3.78. The van der Waals surface area contributed by atoms with Crippen molar-refractivity contribution in [3.63, 3.8) is 0 Å². The molecule has 1 N–H and O–H groups in total. The van der Waals surface area contributed by atoms with E-state index in [0.29, 0.717) is 6.01 Å². The molecular weight excluding hydrogens is 384 g/mol. The third kappa shape index (κ3) is 4.63. The molecular formula is C26H30N4O. The molecule has 0 saturated carbocycles. The molecule has 5 heteroatoms. The highest BCUT2D eigenvalue weighted by Gasteiger charge is 2.42. The average Bonchev–Trinajstić information content (AvgIpc) is 3.21. The molecule has 5 rings (SSSR count). The van der Waals surface area contributed by atoms with Crippen molar-refractivity contribution in [2.45, 2.75) is 44.2 Å². The lowest BCUT2D eigenvalue weighted by Crippen LogP contribution is -2.57. The van der Waals surface area contributed by atoms with Gasteiger partial charge in [0.15, 0.2) is 0 Å². The summed E-state index contributed by atoms with van der Waals surface area (Å²) in [6, 6.07) is 19.3. The number of ether oxygens (including phenoxy) is 1. The highest BCUT2D eigenvalue weighted by Crippen LogP contribution is 2.36. The largest absolute Gasteiger partial charge is 0.424 e. The minimum atomic E-state index is 0.206. The van der Waals surface area contributed by atoms with Crippen LogP contribution in [-0.4, -0.2) is 40.0 Å². The summed E-state index contributed by atoms with van der Waals surface area (Å²) in [6.45, 7) is 4.32. The Morgan fingerprint density at radius 3 is 2.19 bits per heavy atom. The highest BCUT2D eigenvalue weighted by molar-refractivity contribution is 5.37. The monoisotopic (exact) mass is 414 g/mol. The van der Waals surface area contributed by atoms with Crippen LogP contribution < -0.4 is 10.1 Å². The van der Waals surface area contributed by atoms with Gasteiger partial charge in [0.2, 0.25) is 0 Å². The Labute approximate surface area is 184 Å². The summed E-state index contributed by atoms with van der Waals surface area (Å²) in [6.07, 6.45) is 9.69. The number of nitrogens with one attached hydrogen (secondary N) is 1. The van der Waals surface area contributed by atoms with Crippen LogP contribution in [0, 0.1) is 0 Å². The fourth-order valence-electron chi connectivity index (χ4n) is 5.06. The molecule has 0 unspecified atom stereocenters. The second kappa shape index (κ2) is 9.16. The summed E-state index contributed by atoms with van der Waals surface area (Å²) in [7, 11) is 0. The van der Waals surface area contributed by atoms with Gasteiger partial charge in [-0.25, -0.2) is 9.97 Å². The van der Waals surface area contributed by atoms with Crippen molar-refractivity contribution < 1.29 is 4.74 Å². The Morgan fingerprint density at radius 1 is 0.839 bits per heavy atom. The molecule has 1 aromatic heterocycles. The van der Waals surface area contributed by atoms with Gasteiger partial charge in [0.25, 0.3) is 0 Å². The lowest BCUT2D eigenvalue weighted by Gasteiger charge is -2.44. The van der Waals surface area contributed by atoms with Crippen LogP contribution in [0.25, 0.3) is 0 Å². The minimum absolute atomic E-state index is 0.206. The lowest BCUT2D eigenvalue weighted by atomic mass is 9.90. The quantitative estimate of drug-likeness (QED) is 0.622. The Kier molecular flexibility index (Phi) is 5.96. The van der Waals surface area contributed by atoms with Crippen LogP contribution >= 0.6 is 0 Å². The Balaban J connectivity index is 1.22. The van der Waals surface area contributed by atoms with E-state index in [9.17, 15) is 0 Å². The van der Waals surface area contributed by atoms with Gasteiger partial charge in [0.1, 0.15) is 5.75 Å². The third-order valence-corrected chi connectivity index (χ3v) is 6.64. The smallest absolute Gasteiger partial charge is 0.321 e. The van der Waals surface area contributed by atoms with Crippen molar-refractivity contribution in [1.82, 2.24) is 20.2 Å². The number of likely N-dealkylation sites (tertiary alicyclic amines) is 1. The molecule has 160 valence electrons. The second-order valence-electron chi connectivity index (χ2n) is 8.78. The molecule has 1 aliphatic carbocycles. The van der Waals surface area contributed by atoms with Crippen LogP contribution in [0.5, 0.6) is 11.8 Å². The first-order valence-corrected chi connectivity index (χ1v) is 11.4. The van der Waals surface area contributed by atoms with Gasteiger partial charge in [-0.05, 0) is 73.7 Å². The fraction of sp³-hybridized carbons (Fsp3) is 0.385. The van der Waals surface area contributed by atoms with Crippen LogP contribution in [-0.2, 0) is 19.4 Å². The Bertz CT molecular complexity index is 959. The predicted molar refractivity (Wildman–Crippen MR) is 122 cm³/mol. The maximum Gasteiger partial charge on any atom is 0.321 e. The van der Waals surface area contributed by atoms with Crippen LogP contribution in [0.1, 0.15) is 36.0 Å². The van der Waals surface area contributed by atoms with E-state index < -0.39 is 0 Å². The first-order valence-electron chi connectivity index (χ1n) is 11.4. The number of benzene rings is 2. The highest BCUT2D eigenvalue weighted by atomic mass is 16.5. The van der Waals surface area contributed by atoms with Crippen LogP contribution in [0.2, 0.25) is 0 Å². The van der Waals surface area contributed by atoms with Crippen molar-refractivity contribution in [1.29, 1.82) is 0 Å². The predicted octanol–water partition coefficient (Wildman–Crippen LogP) is 4.38. The minimum Gasteiger partial charge on any atom is -0.424 e. The number of piperidine rings is 1. The molecule has 3 aromatic rings. The average molecular weight is 415 g/mol. The molecule has 31 heavy (non-hydrogen) atoms. The van der Waals surface area contributed by atoms with E-state index in [1.54, 1.807) is 18.5 Å². The molecule has 1 aliphatic heterocycles. The molecule has 0 bridgehead atoms. The van der Waals surface area contributed by atoms with Gasteiger partial charge in [0.05, 0.1) is 0 Å². The van der Waals surface area contributed by atoms with Crippen molar-refractivity contribution in [3.8, 4) is 11.8 Å². The third-order valence-electron chi connectivity index (χ3n) is 6.64. The Hall–Kier alpha value is -2.76. The second-order valence-corrected chi connectivity index (χ2v) is 8.78. The molecule has 2 heterocycles. The van der Waals surface area contributed by atoms with E-state index in [2.05, 4.69) is 56.6 Å². The van der Waals surface area contributed by atoms with Gasteiger partial charge in [-0.15, -0.1) is 0 Å². The Morgan fingerprint density at radius 2 is 1.52 bits per heavy atom. The molecule has 1 fully saturated rings. The number of rotatable bonds is 7. The standard InChI is InChI=1S/C26H30N4O/c1-4-15-30(16-5-1)26(17-22-7-2-3-8-23(22)18-26)20-27-19-21-9-11-24(12-10-21)31-25-28-13-6-14-29-25/h2-3,6-14,27H,1,4-5,15-20H2. The molecule has 0 spiro atoms. The lowest BCUT2D eigenvalue weighted by molar-refractivity contribution is 0.0724. The number of nitrogens with zero attached hydrogens (tertiary/aromatic N) is 3. The zero-order chi connectivity index (χ0) is 20.9. The van der Waals surface area contributed by atoms with Crippen molar-refractivity contribution >= 4 is 0 Å². The SMILES string of the molecule is c1cnc(Oc2ccc(CNCC3(N4CCCCC4)Cc4ccccc4C3)cc2)nc1. The van der Waals surface area contributed by atoms with Gasteiger partial charge < -0.3 is 10.1 Å². The maximum atomic E-state index is 5.70. The molecule has 0 radical (unpaired) electrons. The number of hydrogen-bond donors (Lipinski definition) is 1. The van der Waals surface area contributed by atoms with E-state index in [1.165, 1.54) is 49.0 Å². The molecule has 5 nitrogen and oxygen atoms in total. The van der Waals surface area contributed by atoms with Gasteiger partial charge >= 0.3 is 6.01 Å². The summed E-state index contributed by atoms with van der Waals surface area (Å²) >= 11 is 0. The van der Waals surface area contributed by atoms with Crippen molar-refractivity contribution in [3.05, 3.63) is 83.7 Å². The van der Waals surface area contributed by atoms with Crippen molar-refractivity contribution in [2.75, 3.05) is 19.6 Å². The number of fused-ring (bicyclic) bond motifs is 1. The van der Waals surface area contributed by atoms with Gasteiger partial charge in [-0.2, -0.15) is 0 Å². The zero-order valence-electron chi connectivity index (χ0n) is 18.0. The first kappa shape index (κ1) is 20.2. The maximum absolute atomic E-state index is 5.70. The van der Waals surface area contributed by atoms with E-state index in [0.717, 1.165) is 31.7 Å². The van der Waals surface area contributed by atoms with Crippen LogP contribution in [0.15, 0.2) is 67.0 Å². The van der Waals surface area contributed by atoms with Crippen molar-refractivity contribution in [2.24, 2.45) is 0 Å². The summed E-state index contributed by atoms with van der Waals surface area (Å²) in [5.74, 6) is 0.756. The van der Waals surface area contributed by atoms with E-state index in [-0.39, 0.29) is 5.54 Å². The number of aromatic nitrogens is 2. The van der Waals surface area contributed by atoms with E-state index in [4.69, 9.17) is 4.74 Å². The van der Waals surface area contributed by atoms with Crippen LogP contribution in [0.4, 0.5) is 0 Å². The summed E-state index contributed by atoms with van der Waals surface area (Å²) in [5.41, 5.74) is 4.52. The zero-order valence-corrected chi connectivity index (χ0v) is 18.0. The summed E-state index contributed by atoms with van der Waals surface area (Å²) in [4.78, 5) is 11.0. The molecule has 0 atom stereocenters. The number of hydrogen-bond acceptors (Lipinski definition) is 5. The topological polar surface area (TPSA) is 50.3 Å². The first-order chi connectivity index (χ1) is 15.3. The molecule has 1 saturated heterocycles.